The van der Waals surface area contributed by atoms with Gasteiger partial charge in [0.1, 0.15) is 5.82 Å². The second-order valence-corrected chi connectivity index (χ2v) is 6.87. The Kier molecular flexibility index (Phi) is 4.27. The maximum Gasteiger partial charge on any atom is 0.240 e. The van der Waals surface area contributed by atoms with Gasteiger partial charge in [0.05, 0.1) is 10.5 Å². The van der Waals surface area contributed by atoms with Crippen molar-refractivity contribution in [3.05, 3.63) is 41.7 Å². The lowest BCUT2D eigenvalue weighted by Gasteiger charge is -2.27. The number of aliphatic hydroxyl groups is 1. The van der Waals surface area contributed by atoms with E-state index in [0.717, 1.165) is 18.9 Å². The molecule has 0 saturated carbocycles. The summed E-state index contributed by atoms with van der Waals surface area (Å²) in [6, 6.07) is 3.51. The molecule has 0 aliphatic heterocycles. The van der Waals surface area contributed by atoms with Gasteiger partial charge in [0.2, 0.25) is 10.0 Å². The Labute approximate surface area is 118 Å². The lowest BCUT2D eigenvalue weighted by Crippen LogP contribution is -2.42. The minimum Gasteiger partial charge on any atom is -0.384 e. The number of benzene rings is 1. The molecule has 0 aromatic heterocycles. The van der Waals surface area contributed by atoms with Crippen LogP contribution >= 0.6 is 0 Å². The molecule has 0 radical (unpaired) electrons. The summed E-state index contributed by atoms with van der Waals surface area (Å²) in [5, 5.41) is 10.2. The first-order valence-corrected chi connectivity index (χ1v) is 7.97. The van der Waals surface area contributed by atoms with Crippen LogP contribution in [0.15, 0.2) is 35.2 Å². The normalized spacial score (nSPS) is 22.9. The van der Waals surface area contributed by atoms with Gasteiger partial charge in [0, 0.05) is 6.54 Å². The molecule has 2 N–H and O–H groups in total. The van der Waals surface area contributed by atoms with Crippen LogP contribution < -0.4 is 4.72 Å². The van der Waals surface area contributed by atoms with Gasteiger partial charge in [-0.1, -0.05) is 12.2 Å². The van der Waals surface area contributed by atoms with E-state index in [1.165, 1.54) is 19.1 Å². The highest BCUT2D eigenvalue weighted by Crippen LogP contribution is 2.22. The maximum atomic E-state index is 13.0. The number of hydrogen-bond donors (Lipinski definition) is 2. The monoisotopic (exact) mass is 299 g/mol. The fourth-order valence-corrected chi connectivity index (χ4v) is 3.60. The molecule has 1 aliphatic carbocycles. The fraction of sp³-hybridized carbons (Fsp3) is 0.429. The molecule has 4 nitrogen and oxygen atoms in total. The van der Waals surface area contributed by atoms with Crippen molar-refractivity contribution in [3.8, 4) is 0 Å². The van der Waals surface area contributed by atoms with Crippen molar-refractivity contribution in [1.82, 2.24) is 4.72 Å². The summed E-state index contributed by atoms with van der Waals surface area (Å²) in [7, 11) is -3.76. The number of hydrogen-bond acceptors (Lipinski definition) is 3. The molecule has 0 saturated heterocycles. The highest BCUT2D eigenvalue weighted by Gasteiger charge is 2.28. The van der Waals surface area contributed by atoms with E-state index in [0.29, 0.717) is 12.0 Å². The lowest BCUT2D eigenvalue weighted by atomic mass is 9.91. The van der Waals surface area contributed by atoms with Crippen LogP contribution in [0.5, 0.6) is 0 Å². The summed E-state index contributed by atoms with van der Waals surface area (Å²) in [5.41, 5.74) is -0.803. The summed E-state index contributed by atoms with van der Waals surface area (Å²) >= 11 is 0. The van der Waals surface area contributed by atoms with Crippen LogP contribution in [-0.2, 0) is 10.0 Å². The van der Waals surface area contributed by atoms with Crippen LogP contribution in [-0.4, -0.2) is 25.7 Å². The lowest BCUT2D eigenvalue weighted by molar-refractivity contribution is 0.0797. The van der Waals surface area contributed by atoms with E-state index in [2.05, 4.69) is 4.72 Å². The van der Waals surface area contributed by atoms with Crippen LogP contribution in [0, 0.1) is 12.7 Å². The van der Waals surface area contributed by atoms with Gasteiger partial charge in [-0.05, 0) is 49.9 Å². The van der Waals surface area contributed by atoms with Crippen LogP contribution in [0.25, 0.3) is 0 Å². The number of nitrogens with one attached hydrogen (secondary N) is 1. The molecule has 0 fully saturated rings. The minimum absolute atomic E-state index is 0.0299. The molecular weight excluding hydrogens is 281 g/mol. The molecule has 1 aromatic carbocycles. The number of sulfonamides is 1. The van der Waals surface area contributed by atoms with Crippen molar-refractivity contribution in [2.75, 3.05) is 6.54 Å². The van der Waals surface area contributed by atoms with Gasteiger partial charge in [-0.2, -0.15) is 0 Å². The second-order valence-electron chi connectivity index (χ2n) is 5.13. The molecule has 110 valence electrons. The Hall–Kier alpha value is -1.24. The zero-order valence-electron chi connectivity index (χ0n) is 11.3. The molecule has 0 bridgehead atoms. The first-order chi connectivity index (χ1) is 9.32. The zero-order valence-corrected chi connectivity index (χ0v) is 12.1. The van der Waals surface area contributed by atoms with E-state index in [1.807, 2.05) is 6.08 Å². The molecule has 6 heteroatoms. The quantitative estimate of drug-likeness (QED) is 0.834. The average Bonchev–Trinajstić information content (AvgIpc) is 2.37. The van der Waals surface area contributed by atoms with Crippen LogP contribution in [0.1, 0.15) is 24.8 Å². The predicted octanol–water partition coefficient (Wildman–Crippen LogP) is 1.88. The molecule has 0 amide bonds. The van der Waals surface area contributed by atoms with Crippen LogP contribution in [0.3, 0.4) is 0 Å². The third-order valence-corrected chi connectivity index (χ3v) is 4.96. The van der Waals surface area contributed by atoms with E-state index in [9.17, 15) is 17.9 Å². The molecule has 1 atom stereocenters. The van der Waals surface area contributed by atoms with Gasteiger partial charge in [-0.25, -0.2) is 17.5 Å². The molecule has 0 spiro atoms. The van der Waals surface area contributed by atoms with Gasteiger partial charge in [0.15, 0.2) is 0 Å². The van der Waals surface area contributed by atoms with Crippen molar-refractivity contribution >= 4 is 10.0 Å². The van der Waals surface area contributed by atoms with E-state index < -0.39 is 21.4 Å². The SMILES string of the molecule is Cc1cc(F)ccc1S(=O)(=O)NCC1(O)C=CCCC1. The van der Waals surface area contributed by atoms with Gasteiger partial charge in [-0.15, -0.1) is 0 Å². The first kappa shape index (κ1) is 15.2. The summed E-state index contributed by atoms with van der Waals surface area (Å²) < 4.78 is 39.8. The molecule has 20 heavy (non-hydrogen) atoms. The van der Waals surface area contributed by atoms with Crippen molar-refractivity contribution in [1.29, 1.82) is 0 Å². The Bertz CT molecular complexity index is 627. The summed E-state index contributed by atoms with van der Waals surface area (Å²) in [5.74, 6) is -0.477. The summed E-state index contributed by atoms with van der Waals surface area (Å²) in [4.78, 5) is 0.0299. The van der Waals surface area contributed by atoms with Gasteiger partial charge < -0.3 is 5.11 Å². The predicted molar refractivity (Wildman–Crippen MR) is 74.3 cm³/mol. The standard InChI is InChI=1S/C14H18FNO3S/c1-11-9-12(15)5-6-13(11)20(18,19)16-10-14(17)7-3-2-4-8-14/h3,5-7,9,16-17H,2,4,8,10H2,1H3. The first-order valence-electron chi connectivity index (χ1n) is 6.48. The minimum atomic E-state index is -3.76. The number of rotatable bonds is 4. The van der Waals surface area contributed by atoms with E-state index in [-0.39, 0.29) is 11.4 Å². The Balaban J connectivity index is 2.15. The van der Waals surface area contributed by atoms with Crippen LogP contribution in [0.2, 0.25) is 0 Å². The Morgan fingerprint density at radius 2 is 2.20 bits per heavy atom. The molecule has 0 heterocycles. The third-order valence-electron chi connectivity index (χ3n) is 3.40. The topological polar surface area (TPSA) is 66.4 Å². The van der Waals surface area contributed by atoms with Gasteiger partial charge in [0.25, 0.3) is 0 Å². The molecule has 1 aliphatic rings. The van der Waals surface area contributed by atoms with Crippen LogP contribution in [0.4, 0.5) is 4.39 Å². The Morgan fingerprint density at radius 1 is 1.45 bits per heavy atom. The zero-order chi connectivity index (χ0) is 14.8. The van der Waals surface area contributed by atoms with Crippen molar-refractivity contribution < 1.29 is 17.9 Å². The number of aryl methyl sites for hydroxylation is 1. The fourth-order valence-electron chi connectivity index (χ4n) is 2.27. The van der Waals surface area contributed by atoms with Crippen molar-refractivity contribution in [2.45, 2.75) is 36.7 Å². The summed E-state index contributed by atoms with van der Waals surface area (Å²) in [6.07, 6.45) is 5.72. The molecule has 2 rings (SSSR count). The molecule has 1 aromatic rings. The van der Waals surface area contributed by atoms with Crippen molar-refractivity contribution in [3.63, 3.8) is 0 Å². The highest BCUT2D eigenvalue weighted by atomic mass is 32.2. The highest BCUT2D eigenvalue weighted by molar-refractivity contribution is 7.89. The third kappa shape index (κ3) is 3.45. The second kappa shape index (κ2) is 5.63. The van der Waals surface area contributed by atoms with Crippen molar-refractivity contribution in [2.24, 2.45) is 0 Å². The van der Waals surface area contributed by atoms with Gasteiger partial charge in [-0.3, -0.25) is 0 Å². The summed E-state index contributed by atoms with van der Waals surface area (Å²) in [6.45, 7) is 1.45. The largest absolute Gasteiger partial charge is 0.384 e. The number of halogens is 1. The smallest absolute Gasteiger partial charge is 0.240 e. The average molecular weight is 299 g/mol. The van der Waals surface area contributed by atoms with E-state index in [4.69, 9.17) is 0 Å². The van der Waals surface area contributed by atoms with Gasteiger partial charge >= 0.3 is 0 Å². The Morgan fingerprint density at radius 3 is 2.80 bits per heavy atom. The molecule has 1 unspecified atom stereocenters. The van der Waals surface area contributed by atoms with E-state index in [1.54, 1.807) is 6.08 Å². The maximum absolute atomic E-state index is 13.0. The molecular formula is C14H18FNO3S. The number of allylic oxidation sites excluding steroid dienone is 1. The van der Waals surface area contributed by atoms with E-state index >= 15 is 0 Å².